The maximum Gasteiger partial charge on any atom is 0.433 e. The van der Waals surface area contributed by atoms with E-state index in [1.54, 1.807) is 0 Å². The maximum atomic E-state index is 12.7. The molecule has 0 saturated carbocycles. The predicted molar refractivity (Wildman–Crippen MR) is 67.7 cm³/mol. The number of anilines is 2. The molecular weight excluding hydrogens is 277 g/mol. The fraction of sp³-hybridized carbons (Fsp3) is 0.636. The zero-order valence-electron chi connectivity index (χ0n) is 11.4. The second-order valence-corrected chi connectivity index (χ2v) is 3.90. The Hall–Kier alpha value is -1.61. The molecule has 2 N–H and O–H groups in total. The zero-order valence-corrected chi connectivity index (χ0v) is 11.4. The van der Waals surface area contributed by atoms with Gasteiger partial charge in [-0.1, -0.05) is 0 Å². The van der Waals surface area contributed by atoms with Crippen molar-refractivity contribution in [3.05, 3.63) is 11.8 Å². The first kappa shape index (κ1) is 16.4. The number of methoxy groups -OCH3 is 2. The van der Waals surface area contributed by atoms with E-state index in [-0.39, 0.29) is 24.4 Å². The molecule has 1 heterocycles. The van der Waals surface area contributed by atoms with Crippen LogP contribution >= 0.6 is 0 Å². The van der Waals surface area contributed by atoms with E-state index in [0.29, 0.717) is 6.61 Å². The second kappa shape index (κ2) is 7.25. The van der Waals surface area contributed by atoms with Crippen LogP contribution in [0.25, 0.3) is 0 Å². The summed E-state index contributed by atoms with van der Waals surface area (Å²) in [6.45, 7) is 0.585. The molecule has 1 atom stereocenters. The number of hydrogen-bond donors (Lipinski definition) is 2. The minimum absolute atomic E-state index is 0.0647. The van der Waals surface area contributed by atoms with Crippen LogP contribution in [0.4, 0.5) is 24.9 Å². The Labute approximate surface area is 114 Å². The van der Waals surface area contributed by atoms with Crippen LogP contribution in [0.5, 0.6) is 0 Å². The minimum atomic E-state index is -4.53. The highest BCUT2D eigenvalue weighted by Crippen LogP contribution is 2.29. The monoisotopic (exact) mass is 294 g/mol. The highest BCUT2D eigenvalue weighted by Gasteiger charge is 2.33. The predicted octanol–water partition coefficient (Wildman–Crippen LogP) is 1.61. The van der Waals surface area contributed by atoms with Gasteiger partial charge in [0.15, 0.2) is 5.69 Å². The van der Waals surface area contributed by atoms with Gasteiger partial charge in [0.2, 0.25) is 5.95 Å². The Kier molecular flexibility index (Phi) is 5.96. The topological polar surface area (TPSA) is 68.3 Å². The lowest BCUT2D eigenvalue weighted by Crippen LogP contribution is -2.27. The highest BCUT2D eigenvalue weighted by molar-refractivity contribution is 5.42. The molecule has 0 fully saturated rings. The quantitative estimate of drug-likeness (QED) is 0.796. The normalized spacial score (nSPS) is 13.1. The molecule has 0 amide bonds. The van der Waals surface area contributed by atoms with Gasteiger partial charge in [-0.25, -0.2) is 4.98 Å². The van der Waals surface area contributed by atoms with E-state index in [4.69, 9.17) is 9.47 Å². The smallest absolute Gasteiger partial charge is 0.382 e. The van der Waals surface area contributed by atoms with Gasteiger partial charge in [0.25, 0.3) is 0 Å². The molecule has 1 aromatic rings. The molecule has 1 unspecified atom stereocenters. The van der Waals surface area contributed by atoms with Gasteiger partial charge in [0.1, 0.15) is 5.82 Å². The molecule has 0 aromatic carbocycles. The number of nitrogens with zero attached hydrogens (tertiary/aromatic N) is 2. The summed E-state index contributed by atoms with van der Waals surface area (Å²) in [6.07, 6.45) is -4.82. The van der Waals surface area contributed by atoms with Crippen molar-refractivity contribution in [3.8, 4) is 0 Å². The number of nitrogens with one attached hydrogen (secondary N) is 2. The van der Waals surface area contributed by atoms with Crippen molar-refractivity contribution < 1.29 is 22.6 Å². The van der Waals surface area contributed by atoms with Crippen molar-refractivity contribution in [1.29, 1.82) is 0 Å². The summed E-state index contributed by atoms with van der Waals surface area (Å²) in [5.74, 6) is -0.0436. The van der Waals surface area contributed by atoms with Gasteiger partial charge in [0, 0.05) is 33.9 Å². The van der Waals surface area contributed by atoms with Crippen LogP contribution in [-0.4, -0.2) is 50.5 Å². The standard InChI is InChI=1S/C11H17F3N4O2/c1-15-10-17-8(11(12,13)14)4-9(18-10)16-5-7(20-3)6-19-2/h4,7H,5-6H2,1-3H3,(H2,15,16,17,18). The van der Waals surface area contributed by atoms with Crippen molar-refractivity contribution in [2.45, 2.75) is 12.3 Å². The van der Waals surface area contributed by atoms with Crippen molar-refractivity contribution in [2.24, 2.45) is 0 Å². The molecule has 9 heteroatoms. The summed E-state index contributed by atoms with van der Waals surface area (Å²) in [6, 6.07) is 0.848. The van der Waals surface area contributed by atoms with Crippen molar-refractivity contribution in [3.63, 3.8) is 0 Å². The lowest BCUT2D eigenvalue weighted by atomic mass is 10.3. The van der Waals surface area contributed by atoms with E-state index in [1.807, 2.05) is 0 Å². The molecule has 0 spiro atoms. The molecule has 0 aliphatic carbocycles. The van der Waals surface area contributed by atoms with Crippen LogP contribution in [0.15, 0.2) is 6.07 Å². The molecule has 0 saturated heterocycles. The Balaban J connectivity index is 2.84. The summed E-state index contributed by atoms with van der Waals surface area (Å²) in [4.78, 5) is 7.27. The molecule has 114 valence electrons. The molecule has 0 aliphatic rings. The Morgan fingerprint density at radius 2 is 2.00 bits per heavy atom. The molecule has 20 heavy (non-hydrogen) atoms. The average molecular weight is 294 g/mol. The van der Waals surface area contributed by atoms with Crippen LogP contribution in [0.2, 0.25) is 0 Å². The van der Waals surface area contributed by atoms with Gasteiger partial charge < -0.3 is 20.1 Å². The summed E-state index contributed by atoms with van der Waals surface area (Å²) in [5.41, 5.74) is -1.01. The molecular formula is C11H17F3N4O2. The first-order chi connectivity index (χ1) is 9.40. The molecule has 0 aliphatic heterocycles. The van der Waals surface area contributed by atoms with Crippen molar-refractivity contribution >= 4 is 11.8 Å². The van der Waals surface area contributed by atoms with Gasteiger partial charge in [-0.15, -0.1) is 0 Å². The minimum Gasteiger partial charge on any atom is -0.382 e. The summed E-state index contributed by atoms with van der Waals surface area (Å²) < 4.78 is 48.1. The third kappa shape index (κ3) is 4.82. The Morgan fingerprint density at radius 1 is 1.30 bits per heavy atom. The summed E-state index contributed by atoms with van der Waals surface area (Å²) in [7, 11) is 4.45. The molecule has 6 nitrogen and oxygen atoms in total. The molecule has 0 radical (unpaired) electrons. The van der Waals surface area contributed by atoms with Crippen LogP contribution < -0.4 is 10.6 Å². The first-order valence-electron chi connectivity index (χ1n) is 5.80. The van der Waals surface area contributed by atoms with Gasteiger partial charge in [0.05, 0.1) is 12.7 Å². The van der Waals surface area contributed by atoms with E-state index in [9.17, 15) is 13.2 Å². The highest BCUT2D eigenvalue weighted by atomic mass is 19.4. The molecule has 1 aromatic heterocycles. The SMILES string of the molecule is CNc1nc(NCC(COC)OC)cc(C(F)(F)F)n1. The average Bonchev–Trinajstić information content (AvgIpc) is 2.42. The van der Waals surface area contributed by atoms with Gasteiger partial charge in [-0.3, -0.25) is 0 Å². The third-order valence-corrected chi connectivity index (χ3v) is 2.44. The number of halogens is 3. The lowest BCUT2D eigenvalue weighted by Gasteiger charge is -2.16. The third-order valence-electron chi connectivity index (χ3n) is 2.44. The Bertz CT molecular complexity index is 429. The van der Waals surface area contributed by atoms with E-state index >= 15 is 0 Å². The van der Waals surface area contributed by atoms with Crippen molar-refractivity contribution in [1.82, 2.24) is 9.97 Å². The van der Waals surface area contributed by atoms with Gasteiger partial charge >= 0.3 is 6.18 Å². The number of rotatable bonds is 7. The van der Waals surface area contributed by atoms with Gasteiger partial charge in [-0.2, -0.15) is 18.2 Å². The van der Waals surface area contributed by atoms with Crippen LogP contribution in [0, 0.1) is 0 Å². The van der Waals surface area contributed by atoms with E-state index in [2.05, 4.69) is 20.6 Å². The Morgan fingerprint density at radius 3 is 2.50 bits per heavy atom. The summed E-state index contributed by atoms with van der Waals surface area (Å²) in [5, 5.41) is 5.26. The zero-order chi connectivity index (χ0) is 15.2. The number of ether oxygens (including phenoxy) is 2. The molecule has 0 bridgehead atoms. The fourth-order valence-corrected chi connectivity index (χ4v) is 1.41. The number of alkyl halides is 3. The maximum absolute atomic E-state index is 12.7. The number of hydrogen-bond acceptors (Lipinski definition) is 6. The summed E-state index contributed by atoms with van der Waals surface area (Å²) >= 11 is 0. The van der Waals surface area contributed by atoms with Crippen LogP contribution in [-0.2, 0) is 15.7 Å². The fourth-order valence-electron chi connectivity index (χ4n) is 1.41. The van der Waals surface area contributed by atoms with E-state index in [0.717, 1.165) is 6.07 Å². The largest absolute Gasteiger partial charge is 0.433 e. The second-order valence-electron chi connectivity index (χ2n) is 3.90. The lowest BCUT2D eigenvalue weighted by molar-refractivity contribution is -0.141. The van der Waals surface area contributed by atoms with E-state index in [1.165, 1.54) is 21.3 Å². The number of aromatic nitrogens is 2. The first-order valence-corrected chi connectivity index (χ1v) is 5.80. The van der Waals surface area contributed by atoms with Crippen molar-refractivity contribution in [2.75, 3.05) is 45.1 Å². The van der Waals surface area contributed by atoms with Crippen LogP contribution in [0.1, 0.15) is 5.69 Å². The van der Waals surface area contributed by atoms with Gasteiger partial charge in [-0.05, 0) is 0 Å². The van der Waals surface area contributed by atoms with Crippen LogP contribution in [0.3, 0.4) is 0 Å². The molecule has 1 rings (SSSR count). The van der Waals surface area contributed by atoms with E-state index < -0.39 is 11.9 Å².